The largest absolute Gasteiger partial charge is 0.486 e. The number of benzene rings is 2. The number of ketones is 1. The van der Waals surface area contributed by atoms with Gasteiger partial charge in [-0.05, 0) is 42.1 Å². The summed E-state index contributed by atoms with van der Waals surface area (Å²) in [5, 5.41) is 1.35. The van der Waals surface area contributed by atoms with Crippen molar-refractivity contribution in [1.29, 1.82) is 0 Å². The second kappa shape index (κ2) is 7.44. The molecule has 0 unspecified atom stereocenters. The molecule has 3 radical (unpaired) electrons. The molecule has 0 amide bonds. The number of hydrogen-bond donors (Lipinski definition) is 0. The van der Waals surface area contributed by atoms with Gasteiger partial charge in [0.05, 0.1) is 7.17 Å². The maximum Gasteiger partial charge on any atom is 0.196 e. The second-order valence-corrected chi connectivity index (χ2v) is 7.29. The Labute approximate surface area is 152 Å². The number of rotatable bonds is 6. The Hall–Kier alpha value is -2.07. The van der Waals surface area contributed by atoms with E-state index in [9.17, 15) is 9.59 Å². The van der Waals surface area contributed by atoms with Crippen molar-refractivity contribution in [2.24, 2.45) is 0 Å². The molecule has 0 aliphatic heterocycles. The summed E-state index contributed by atoms with van der Waals surface area (Å²) in [5.41, 5.74) is 1.05. The lowest BCUT2D eigenvalue weighted by atomic mass is 9.53. The van der Waals surface area contributed by atoms with Crippen molar-refractivity contribution >= 4 is 52.2 Å². The van der Waals surface area contributed by atoms with Gasteiger partial charge in [-0.2, -0.15) is 0 Å². The molecule has 2 aromatic carbocycles. The van der Waals surface area contributed by atoms with Gasteiger partial charge in [-0.15, -0.1) is 11.3 Å². The van der Waals surface area contributed by atoms with Crippen LogP contribution in [0.4, 0.5) is 0 Å². The summed E-state index contributed by atoms with van der Waals surface area (Å²) >= 11 is 1.62. The van der Waals surface area contributed by atoms with Crippen molar-refractivity contribution in [3.05, 3.63) is 52.2 Å². The quantitative estimate of drug-likeness (QED) is 0.505. The molecule has 6 heteroatoms. The van der Waals surface area contributed by atoms with Gasteiger partial charge in [0.1, 0.15) is 12.4 Å². The highest BCUT2D eigenvalue weighted by atomic mass is 32.1. The molecule has 0 aliphatic carbocycles. The van der Waals surface area contributed by atoms with Crippen LogP contribution in [0.1, 0.15) is 25.3 Å². The summed E-state index contributed by atoms with van der Waals surface area (Å²) < 4.78 is 7.58. The highest BCUT2D eigenvalue weighted by Gasteiger charge is 2.14. The molecule has 3 rings (SSSR count). The van der Waals surface area contributed by atoms with E-state index in [1.807, 2.05) is 30.3 Å². The minimum atomic E-state index is -0.0997. The molecule has 25 heavy (non-hydrogen) atoms. The van der Waals surface area contributed by atoms with E-state index in [-0.39, 0.29) is 30.1 Å². The SMILES string of the molecule is [B][B]CC(=O)COc1cc(C(C)C)c2sc3ccccc3c(=O)c2c1. The fourth-order valence-corrected chi connectivity index (χ4v) is 4.08. The fourth-order valence-electron chi connectivity index (χ4n) is 2.77. The van der Waals surface area contributed by atoms with Crippen molar-refractivity contribution in [2.45, 2.75) is 26.1 Å². The van der Waals surface area contributed by atoms with Crippen molar-refractivity contribution in [1.82, 2.24) is 0 Å². The van der Waals surface area contributed by atoms with Crippen LogP contribution in [0, 0.1) is 0 Å². The number of hydrogen-bond acceptors (Lipinski definition) is 4. The van der Waals surface area contributed by atoms with E-state index in [1.165, 1.54) is 7.17 Å². The van der Waals surface area contributed by atoms with Gasteiger partial charge in [0, 0.05) is 27.9 Å². The number of carbonyl (C=O) groups is 1. The van der Waals surface area contributed by atoms with Crippen molar-refractivity contribution < 1.29 is 9.53 Å². The highest BCUT2D eigenvalue weighted by Crippen LogP contribution is 2.34. The first-order chi connectivity index (χ1) is 12.0. The van der Waals surface area contributed by atoms with Crippen molar-refractivity contribution in [2.75, 3.05) is 6.61 Å². The van der Waals surface area contributed by atoms with Gasteiger partial charge in [-0.1, -0.05) is 26.0 Å². The van der Waals surface area contributed by atoms with E-state index >= 15 is 0 Å². The average molecular weight is 347 g/mol. The third kappa shape index (κ3) is 3.64. The molecule has 0 saturated heterocycles. The number of carbonyl (C=O) groups excluding carboxylic acids is 1. The average Bonchev–Trinajstić information content (AvgIpc) is 2.60. The Bertz CT molecular complexity index is 995. The van der Waals surface area contributed by atoms with Gasteiger partial charge in [0.2, 0.25) is 0 Å². The van der Waals surface area contributed by atoms with Crippen LogP contribution >= 0.6 is 11.3 Å². The predicted molar refractivity (Wildman–Crippen MR) is 107 cm³/mol. The summed E-state index contributed by atoms with van der Waals surface area (Å²) in [7, 11) is 6.58. The Kier molecular flexibility index (Phi) is 5.28. The lowest BCUT2D eigenvalue weighted by molar-refractivity contribution is -0.118. The number of Topliss-reactive ketones (excluding diaryl/α,β-unsaturated/α-hetero) is 1. The molecule has 3 nitrogen and oxygen atoms in total. The Morgan fingerprint density at radius 3 is 2.72 bits per heavy atom. The summed E-state index contributed by atoms with van der Waals surface area (Å²) in [6.07, 6.45) is 0.171. The van der Waals surface area contributed by atoms with Crippen LogP contribution in [0.25, 0.3) is 20.2 Å². The minimum Gasteiger partial charge on any atom is -0.486 e. The number of fused-ring (bicyclic) bond motifs is 2. The van der Waals surface area contributed by atoms with Crippen LogP contribution in [0.5, 0.6) is 5.75 Å². The molecule has 1 aromatic heterocycles. The predicted octanol–water partition coefficient (Wildman–Crippen LogP) is 3.69. The third-order valence-electron chi connectivity index (χ3n) is 4.05. The first-order valence-electron chi connectivity index (χ1n) is 8.18. The highest BCUT2D eigenvalue weighted by molar-refractivity contribution is 7.24. The number of ether oxygens (including phenoxy) is 1. The van der Waals surface area contributed by atoms with Crippen molar-refractivity contribution in [3.63, 3.8) is 0 Å². The Balaban J connectivity index is 2.15. The monoisotopic (exact) mass is 347 g/mol. The molecular weight excluding hydrogens is 330 g/mol. The fraction of sp³-hybridized carbons (Fsp3) is 0.263. The van der Waals surface area contributed by atoms with Gasteiger partial charge in [0.15, 0.2) is 11.2 Å². The van der Waals surface area contributed by atoms with Gasteiger partial charge >= 0.3 is 0 Å². The third-order valence-corrected chi connectivity index (χ3v) is 5.28. The molecule has 123 valence electrons. The maximum absolute atomic E-state index is 12.9. The smallest absolute Gasteiger partial charge is 0.196 e. The lowest BCUT2D eigenvalue weighted by Crippen LogP contribution is -2.13. The van der Waals surface area contributed by atoms with E-state index in [0.717, 1.165) is 15.0 Å². The molecular formula is C19H17B2O3S. The van der Waals surface area contributed by atoms with E-state index in [0.29, 0.717) is 16.5 Å². The molecule has 1 heterocycles. The molecule has 0 saturated carbocycles. The van der Waals surface area contributed by atoms with Gasteiger partial charge in [0.25, 0.3) is 0 Å². The van der Waals surface area contributed by atoms with Crippen molar-refractivity contribution in [3.8, 4) is 5.75 Å². The van der Waals surface area contributed by atoms with Crippen LogP contribution in [0.2, 0.25) is 6.32 Å². The van der Waals surface area contributed by atoms with E-state index in [1.54, 1.807) is 17.4 Å². The van der Waals surface area contributed by atoms with Crippen LogP contribution in [-0.4, -0.2) is 27.3 Å². The molecule has 0 fully saturated rings. The normalized spacial score (nSPS) is 11.2. The zero-order valence-electron chi connectivity index (χ0n) is 14.2. The summed E-state index contributed by atoms with van der Waals surface area (Å²) in [5.74, 6) is 0.675. The van der Waals surface area contributed by atoms with Crippen LogP contribution in [-0.2, 0) is 4.79 Å². The molecule has 0 bridgehead atoms. The van der Waals surface area contributed by atoms with Gasteiger partial charge in [-0.3, -0.25) is 9.59 Å². The van der Waals surface area contributed by atoms with E-state index < -0.39 is 0 Å². The first-order valence-corrected chi connectivity index (χ1v) is 9.00. The molecule has 0 N–H and O–H groups in total. The molecule has 3 aromatic rings. The standard InChI is InChI=1S/C19H17B2O3S/c1-11(2)15-7-13(24-10-12(22)9-21-20)8-16-18(23)14-5-3-4-6-17(14)25-19(15)16/h3-8,11H,9-10H2,1-2H3. The van der Waals surface area contributed by atoms with E-state index in [2.05, 4.69) is 13.8 Å². The first kappa shape index (κ1) is 17.7. The zero-order chi connectivity index (χ0) is 18.0. The lowest BCUT2D eigenvalue weighted by Gasteiger charge is -2.14. The topological polar surface area (TPSA) is 43.4 Å². The van der Waals surface area contributed by atoms with Gasteiger partial charge < -0.3 is 4.74 Å². The molecule has 0 atom stereocenters. The molecule has 0 aliphatic rings. The zero-order valence-corrected chi connectivity index (χ0v) is 15.1. The van der Waals surface area contributed by atoms with Crippen LogP contribution in [0.15, 0.2) is 41.2 Å². The molecule has 0 spiro atoms. The summed E-state index contributed by atoms with van der Waals surface area (Å²) in [6.45, 7) is 4.11. The summed E-state index contributed by atoms with van der Waals surface area (Å²) in [6, 6.07) is 11.3. The second-order valence-electron chi connectivity index (χ2n) is 6.24. The summed E-state index contributed by atoms with van der Waals surface area (Å²) in [4.78, 5) is 24.6. The Morgan fingerprint density at radius 2 is 2.00 bits per heavy atom. The Morgan fingerprint density at radius 1 is 1.24 bits per heavy atom. The van der Waals surface area contributed by atoms with Crippen LogP contribution in [0.3, 0.4) is 0 Å². The maximum atomic E-state index is 12.9. The minimum absolute atomic E-state index is 0.00156. The van der Waals surface area contributed by atoms with E-state index in [4.69, 9.17) is 12.5 Å². The van der Waals surface area contributed by atoms with Crippen LogP contribution < -0.4 is 10.2 Å². The van der Waals surface area contributed by atoms with Gasteiger partial charge in [-0.25, -0.2) is 0 Å².